The number of hydrogen-bond acceptors (Lipinski definition) is 8. The van der Waals surface area contributed by atoms with Gasteiger partial charge in [0, 0.05) is 58.0 Å². The van der Waals surface area contributed by atoms with E-state index in [0.717, 1.165) is 70.1 Å². The van der Waals surface area contributed by atoms with Gasteiger partial charge in [0.25, 0.3) is 0 Å². The SMILES string of the molecule is CCCC[C@H](O[C@@H](Cc1ccccc1)N1CCC(OCOC)CC1)C(=O)N[C@@H](CC1CCCCC1)[C@@H](O)C[C@H](C(=O)NCCCn1ccnc1)C(C)C. The fourth-order valence-corrected chi connectivity index (χ4v) is 7.91. The summed E-state index contributed by atoms with van der Waals surface area (Å²) >= 11 is 0. The number of methoxy groups -OCH3 is 1. The van der Waals surface area contributed by atoms with Crippen molar-refractivity contribution in [2.45, 2.75) is 148 Å². The number of piperidine rings is 1. The number of unbranched alkanes of at least 4 members (excludes halogenated alkanes) is 1. The number of aliphatic hydroxyl groups is 1. The van der Waals surface area contributed by atoms with Crippen molar-refractivity contribution in [1.82, 2.24) is 25.1 Å². The Morgan fingerprint density at radius 3 is 2.43 bits per heavy atom. The maximum absolute atomic E-state index is 14.4. The predicted molar refractivity (Wildman–Crippen MR) is 208 cm³/mol. The van der Waals surface area contributed by atoms with E-state index < -0.39 is 18.2 Å². The van der Waals surface area contributed by atoms with Crippen LogP contribution in [0.5, 0.6) is 0 Å². The molecule has 2 aliphatic rings. The Hall–Kier alpha value is -2.83. The number of nitrogens with zero attached hydrogens (tertiary/aromatic N) is 3. The number of aliphatic hydroxyl groups excluding tert-OH is 1. The molecule has 1 aliphatic heterocycles. The van der Waals surface area contributed by atoms with Gasteiger partial charge in [-0.15, -0.1) is 0 Å². The molecule has 1 aliphatic carbocycles. The number of carbonyl (C=O) groups is 2. The molecule has 0 spiro atoms. The van der Waals surface area contributed by atoms with Crippen molar-refractivity contribution in [3.05, 3.63) is 54.6 Å². The van der Waals surface area contributed by atoms with E-state index in [2.05, 4.69) is 39.6 Å². The molecule has 2 amide bonds. The minimum Gasteiger partial charge on any atom is -0.391 e. The number of hydrogen-bond donors (Lipinski definition) is 3. The zero-order chi connectivity index (χ0) is 37.8. The Labute approximate surface area is 318 Å². The van der Waals surface area contributed by atoms with Gasteiger partial charge < -0.3 is 34.5 Å². The average molecular weight is 740 g/mol. The number of imidazole rings is 1. The van der Waals surface area contributed by atoms with Gasteiger partial charge in [-0.3, -0.25) is 14.5 Å². The molecule has 2 aromatic rings. The lowest BCUT2D eigenvalue weighted by Gasteiger charge is -2.39. The van der Waals surface area contributed by atoms with Crippen LogP contribution < -0.4 is 10.6 Å². The largest absolute Gasteiger partial charge is 0.391 e. The third kappa shape index (κ3) is 15.1. The van der Waals surface area contributed by atoms with Gasteiger partial charge in [0.15, 0.2) is 0 Å². The van der Waals surface area contributed by atoms with Crippen LogP contribution in [0.1, 0.15) is 110 Å². The molecule has 5 atom stereocenters. The molecule has 2 heterocycles. The minimum atomic E-state index is -0.858. The Kier molecular flexibility index (Phi) is 19.3. The third-order valence-corrected chi connectivity index (χ3v) is 11.2. The molecule has 53 heavy (non-hydrogen) atoms. The summed E-state index contributed by atoms with van der Waals surface area (Å²) < 4.78 is 19.9. The summed E-state index contributed by atoms with van der Waals surface area (Å²) in [6.07, 6.45) is 16.2. The number of amides is 2. The van der Waals surface area contributed by atoms with E-state index in [1.54, 1.807) is 19.6 Å². The summed E-state index contributed by atoms with van der Waals surface area (Å²) in [5.41, 5.74) is 1.16. The topological polar surface area (TPSA) is 127 Å². The minimum absolute atomic E-state index is 0.0350. The number of aryl methyl sites for hydroxylation is 1. The molecule has 0 unspecified atom stereocenters. The van der Waals surface area contributed by atoms with Crippen molar-refractivity contribution >= 4 is 11.8 Å². The molecule has 0 radical (unpaired) electrons. The summed E-state index contributed by atoms with van der Waals surface area (Å²) in [6.45, 7) is 9.42. The van der Waals surface area contributed by atoms with E-state index in [4.69, 9.17) is 14.2 Å². The number of carbonyl (C=O) groups excluding carboxylic acids is 2. The van der Waals surface area contributed by atoms with Crippen LogP contribution in [0, 0.1) is 17.8 Å². The van der Waals surface area contributed by atoms with Gasteiger partial charge in [0.1, 0.15) is 19.1 Å². The first-order valence-corrected chi connectivity index (χ1v) is 20.5. The van der Waals surface area contributed by atoms with Gasteiger partial charge in [-0.1, -0.05) is 96.0 Å². The van der Waals surface area contributed by atoms with E-state index in [-0.39, 0.29) is 42.8 Å². The van der Waals surface area contributed by atoms with Crippen LogP contribution in [0.25, 0.3) is 0 Å². The fourth-order valence-electron chi connectivity index (χ4n) is 7.91. The second kappa shape index (κ2) is 23.8. The highest BCUT2D eigenvalue weighted by atomic mass is 16.7. The van der Waals surface area contributed by atoms with Crippen molar-refractivity contribution < 1.29 is 28.9 Å². The second-order valence-corrected chi connectivity index (χ2v) is 15.7. The van der Waals surface area contributed by atoms with Crippen molar-refractivity contribution in [2.24, 2.45) is 17.8 Å². The zero-order valence-electron chi connectivity index (χ0n) is 33.0. The van der Waals surface area contributed by atoms with Crippen molar-refractivity contribution in [1.29, 1.82) is 0 Å². The van der Waals surface area contributed by atoms with Gasteiger partial charge in [0.2, 0.25) is 11.8 Å². The molecule has 4 rings (SSSR count). The van der Waals surface area contributed by atoms with E-state index in [1.165, 1.54) is 19.3 Å². The summed E-state index contributed by atoms with van der Waals surface area (Å²) in [5.74, 6) is -0.118. The van der Waals surface area contributed by atoms with Crippen LogP contribution in [-0.2, 0) is 36.8 Å². The smallest absolute Gasteiger partial charge is 0.249 e. The summed E-state index contributed by atoms with van der Waals surface area (Å²) in [5, 5.41) is 18.3. The molecule has 2 fully saturated rings. The summed E-state index contributed by atoms with van der Waals surface area (Å²) in [4.78, 5) is 34.3. The number of likely N-dealkylation sites (tertiary alicyclic amines) is 1. The van der Waals surface area contributed by atoms with Gasteiger partial charge in [-0.2, -0.15) is 0 Å². The Morgan fingerprint density at radius 1 is 1.02 bits per heavy atom. The van der Waals surface area contributed by atoms with E-state index in [0.29, 0.717) is 38.1 Å². The van der Waals surface area contributed by atoms with Crippen molar-refractivity contribution in [3.8, 4) is 0 Å². The molecule has 298 valence electrons. The van der Waals surface area contributed by atoms with Gasteiger partial charge >= 0.3 is 0 Å². The van der Waals surface area contributed by atoms with Crippen molar-refractivity contribution in [3.63, 3.8) is 0 Å². The highest BCUT2D eigenvalue weighted by Crippen LogP contribution is 2.30. The highest BCUT2D eigenvalue weighted by molar-refractivity contribution is 5.81. The van der Waals surface area contributed by atoms with Crippen LogP contribution in [0.2, 0.25) is 0 Å². The predicted octanol–water partition coefficient (Wildman–Crippen LogP) is 6.10. The monoisotopic (exact) mass is 740 g/mol. The molecule has 11 nitrogen and oxygen atoms in total. The zero-order valence-corrected chi connectivity index (χ0v) is 33.0. The average Bonchev–Trinajstić information content (AvgIpc) is 3.70. The van der Waals surface area contributed by atoms with E-state index in [1.807, 2.05) is 42.8 Å². The Bertz CT molecular complexity index is 1270. The normalized spacial score (nSPS) is 19.1. The van der Waals surface area contributed by atoms with Gasteiger partial charge in [-0.05, 0) is 55.9 Å². The number of benzene rings is 1. The summed E-state index contributed by atoms with van der Waals surface area (Å²) in [6, 6.07) is 9.87. The molecule has 11 heteroatoms. The maximum atomic E-state index is 14.4. The molecular weight excluding hydrogens is 670 g/mol. The number of ether oxygens (including phenoxy) is 3. The third-order valence-electron chi connectivity index (χ3n) is 11.2. The highest BCUT2D eigenvalue weighted by Gasteiger charge is 2.35. The van der Waals surface area contributed by atoms with Crippen LogP contribution in [0.4, 0.5) is 0 Å². The molecule has 1 aromatic carbocycles. The number of rotatable bonds is 24. The van der Waals surface area contributed by atoms with E-state index >= 15 is 0 Å². The van der Waals surface area contributed by atoms with Gasteiger partial charge in [-0.25, -0.2) is 4.98 Å². The van der Waals surface area contributed by atoms with Crippen LogP contribution in [0.15, 0.2) is 49.1 Å². The first kappa shape index (κ1) is 42.9. The van der Waals surface area contributed by atoms with Crippen LogP contribution in [0.3, 0.4) is 0 Å². The van der Waals surface area contributed by atoms with Crippen molar-refractivity contribution in [2.75, 3.05) is 33.5 Å². The van der Waals surface area contributed by atoms with Gasteiger partial charge in [0.05, 0.1) is 24.6 Å². The molecule has 3 N–H and O–H groups in total. The van der Waals surface area contributed by atoms with Crippen LogP contribution in [-0.4, -0.2) is 95.5 Å². The Balaban J connectivity index is 1.46. The maximum Gasteiger partial charge on any atom is 0.249 e. The summed E-state index contributed by atoms with van der Waals surface area (Å²) in [7, 11) is 1.64. The van der Waals surface area contributed by atoms with E-state index in [9.17, 15) is 14.7 Å². The second-order valence-electron chi connectivity index (χ2n) is 15.7. The standard InChI is InChI=1S/C42H69N5O6/c1-5-6-18-39(53-40(28-34-16-11-8-12-17-34)47-24-19-35(20-25-47)52-31-51-4)42(50)45-37(27-33-14-9-7-10-15-33)38(48)29-36(32(2)3)41(49)44-21-13-23-46-26-22-43-30-46/h8,11-12,16-17,22,26,30,32-33,35-40,48H,5-7,9-10,13-15,18-21,23-25,27-29,31H2,1-4H3,(H,44,49)(H,45,50)/t36-,37-,38-,39-,40-/m0/s1. The number of aromatic nitrogens is 2. The lowest BCUT2D eigenvalue weighted by Crippen LogP contribution is -2.53. The molecule has 1 saturated carbocycles. The molecular formula is C42H69N5O6. The quantitative estimate of drug-likeness (QED) is 0.0872. The first-order valence-electron chi connectivity index (χ1n) is 20.5. The molecule has 0 bridgehead atoms. The first-order chi connectivity index (χ1) is 25.8. The molecule has 1 saturated heterocycles. The Morgan fingerprint density at radius 2 is 1.77 bits per heavy atom. The van der Waals surface area contributed by atoms with Crippen LogP contribution >= 0.6 is 0 Å². The lowest BCUT2D eigenvalue weighted by atomic mass is 9.81. The molecule has 1 aromatic heterocycles. The fraction of sp³-hybridized carbons (Fsp3) is 0.738. The lowest BCUT2D eigenvalue weighted by molar-refractivity contribution is -0.157. The number of nitrogens with one attached hydrogen (secondary N) is 2.